The number of phenols is 1. The topological polar surface area (TPSA) is 104 Å². The van der Waals surface area contributed by atoms with Crippen molar-refractivity contribution in [3.8, 4) is 22.8 Å². The van der Waals surface area contributed by atoms with Gasteiger partial charge >= 0.3 is 0 Å². The number of phenolic OH excluding ortho intramolecular Hbond substituents is 1. The van der Waals surface area contributed by atoms with Crippen molar-refractivity contribution >= 4 is 32.7 Å². The summed E-state index contributed by atoms with van der Waals surface area (Å²) in [7, 11) is -3.52. The van der Waals surface area contributed by atoms with Crippen LogP contribution < -0.4 is 10.2 Å². The highest BCUT2D eigenvalue weighted by Gasteiger charge is 2.28. The molecule has 8 nitrogen and oxygen atoms in total. The molecule has 2 aromatic carbocycles. The fraction of sp³-hybridized carbons (Fsp3) is 0.333. The van der Waals surface area contributed by atoms with Crippen LogP contribution in [0.3, 0.4) is 0 Å². The summed E-state index contributed by atoms with van der Waals surface area (Å²) >= 11 is 1.37. The number of aromatic hydroxyl groups is 1. The highest BCUT2D eigenvalue weighted by atomic mass is 32.2. The average Bonchev–Trinajstić information content (AvgIpc) is 3.31. The molecule has 0 amide bonds. The molecule has 0 radical (unpaired) electrons. The van der Waals surface area contributed by atoms with Gasteiger partial charge in [-0.05, 0) is 61.6 Å². The van der Waals surface area contributed by atoms with E-state index in [4.69, 9.17) is 4.74 Å². The first-order chi connectivity index (χ1) is 16.4. The van der Waals surface area contributed by atoms with Gasteiger partial charge in [-0.25, -0.2) is 13.4 Å². The number of sulfonamides is 1. The van der Waals surface area contributed by atoms with Crippen LogP contribution in [0.5, 0.6) is 11.5 Å². The van der Waals surface area contributed by atoms with Crippen molar-refractivity contribution in [1.29, 1.82) is 0 Å². The molecular formula is C24H28N4O4S2. The van der Waals surface area contributed by atoms with E-state index in [0.717, 1.165) is 24.0 Å². The first-order valence-electron chi connectivity index (χ1n) is 11.2. The van der Waals surface area contributed by atoms with E-state index in [1.807, 2.05) is 18.4 Å². The van der Waals surface area contributed by atoms with Crippen molar-refractivity contribution in [2.24, 2.45) is 11.0 Å². The van der Waals surface area contributed by atoms with E-state index < -0.39 is 10.0 Å². The Balaban J connectivity index is 1.45. The van der Waals surface area contributed by atoms with Crippen LogP contribution in [-0.4, -0.2) is 48.7 Å². The molecule has 2 N–H and O–H groups in total. The van der Waals surface area contributed by atoms with Gasteiger partial charge in [0.2, 0.25) is 15.2 Å². The molecule has 1 aliphatic heterocycles. The van der Waals surface area contributed by atoms with E-state index in [-0.39, 0.29) is 10.6 Å². The first kappa shape index (κ1) is 24.2. The fourth-order valence-corrected chi connectivity index (χ4v) is 5.88. The van der Waals surface area contributed by atoms with Gasteiger partial charge in [-0.2, -0.15) is 9.41 Å². The van der Waals surface area contributed by atoms with Crippen molar-refractivity contribution in [2.45, 2.75) is 31.6 Å². The summed E-state index contributed by atoms with van der Waals surface area (Å²) < 4.78 is 33.2. The fourth-order valence-electron chi connectivity index (χ4n) is 3.69. The molecule has 4 rings (SSSR count). The lowest BCUT2D eigenvalue weighted by molar-refractivity contribution is 0.288. The van der Waals surface area contributed by atoms with Gasteiger partial charge in [0.15, 0.2) is 11.5 Å². The predicted octanol–water partition coefficient (Wildman–Crippen LogP) is 4.78. The largest absolute Gasteiger partial charge is 0.504 e. The molecule has 0 bridgehead atoms. The average molecular weight is 501 g/mol. The molecule has 3 aromatic rings. The van der Waals surface area contributed by atoms with Crippen LogP contribution in [-0.2, 0) is 10.0 Å². The second-order valence-electron chi connectivity index (χ2n) is 8.18. The maximum absolute atomic E-state index is 13.1. The highest BCUT2D eigenvalue weighted by molar-refractivity contribution is 7.89. The minimum absolute atomic E-state index is 0.0793. The van der Waals surface area contributed by atoms with Crippen LogP contribution in [0.2, 0.25) is 0 Å². The molecule has 10 heteroatoms. The Morgan fingerprint density at radius 1 is 1.26 bits per heavy atom. The number of nitrogens with zero attached hydrogens (tertiary/aromatic N) is 3. The molecule has 1 saturated heterocycles. The molecule has 0 aliphatic carbocycles. The molecule has 0 atom stereocenters. The summed E-state index contributed by atoms with van der Waals surface area (Å²) in [4.78, 5) is 4.83. The summed E-state index contributed by atoms with van der Waals surface area (Å²) in [6.07, 6.45) is 3.38. The van der Waals surface area contributed by atoms with Crippen LogP contribution in [0, 0.1) is 5.92 Å². The minimum Gasteiger partial charge on any atom is -0.504 e. The summed E-state index contributed by atoms with van der Waals surface area (Å²) in [5.41, 5.74) is 5.07. The number of hydrazone groups is 1. The smallest absolute Gasteiger partial charge is 0.243 e. The normalized spacial score (nSPS) is 15.6. The van der Waals surface area contributed by atoms with Gasteiger partial charge in [-0.3, -0.25) is 5.43 Å². The van der Waals surface area contributed by atoms with Crippen molar-refractivity contribution in [1.82, 2.24) is 9.29 Å². The maximum atomic E-state index is 13.1. The van der Waals surface area contributed by atoms with Crippen molar-refractivity contribution in [2.75, 3.05) is 25.1 Å². The number of benzene rings is 2. The lowest BCUT2D eigenvalue weighted by Gasteiger charge is -2.29. The van der Waals surface area contributed by atoms with E-state index in [0.29, 0.717) is 42.2 Å². The lowest BCUT2D eigenvalue weighted by atomic mass is 10.0. The number of piperidine rings is 1. The third-order valence-electron chi connectivity index (χ3n) is 5.67. The number of rotatable bonds is 8. The molecule has 0 spiro atoms. The minimum atomic E-state index is -3.52. The Morgan fingerprint density at radius 2 is 2.06 bits per heavy atom. The number of hydrogen-bond donors (Lipinski definition) is 2. The monoisotopic (exact) mass is 500 g/mol. The number of ether oxygens (including phenoxy) is 1. The van der Waals surface area contributed by atoms with Crippen LogP contribution in [0.1, 0.15) is 32.3 Å². The molecule has 180 valence electrons. The van der Waals surface area contributed by atoms with Crippen molar-refractivity contribution < 1.29 is 18.3 Å². The van der Waals surface area contributed by atoms with Gasteiger partial charge in [0.1, 0.15) is 0 Å². The molecule has 0 saturated carbocycles. The lowest BCUT2D eigenvalue weighted by Crippen LogP contribution is -2.37. The molecule has 2 heterocycles. The van der Waals surface area contributed by atoms with Gasteiger partial charge in [0.25, 0.3) is 0 Å². The van der Waals surface area contributed by atoms with Gasteiger partial charge in [0.05, 0.1) is 23.4 Å². The molecule has 1 aromatic heterocycles. The Labute approximate surface area is 204 Å². The summed E-state index contributed by atoms with van der Waals surface area (Å²) in [5, 5.41) is 16.4. The Hall–Kier alpha value is -2.95. The Kier molecular flexibility index (Phi) is 7.50. The zero-order valence-corrected chi connectivity index (χ0v) is 20.8. The molecule has 34 heavy (non-hydrogen) atoms. The Morgan fingerprint density at radius 3 is 2.82 bits per heavy atom. The second-order valence-corrected chi connectivity index (χ2v) is 11.0. The quantitative estimate of drug-likeness (QED) is 0.341. The van der Waals surface area contributed by atoms with E-state index in [1.54, 1.807) is 46.9 Å². The second kappa shape index (κ2) is 10.5. The van der Waals surface area contributed by atoms with Crippen LogP contribution in [0.15, 0.2) is 57.8 Å². The number of aromatic nitrogens is 1. The summed E-state index contributed by atoms with van der Waals surface area (Å²) in [6.45, 7) is 5.58. The standard InChI is InChI=1S/C24H28N4O4S2/c1-3-32-23-13-18(7-8-22(23)29)15-25-27-24-26-21(16-33-24)19-5-4-6-20(14-19)34(30,31)28-11-9-17(2)10-12-28/h4-8,13-17,29H,3,9-12H2,1-2H3,(H,26,27)/b25-15+. The van der Waals surface area contributed by atoms with E-state index in [2.05, 4.69) is 22.4 Å². The molecular weight excluding hydrogens is 472 g/mol. The number of nitrogens with one attached hydrogen (secondary N) is 1. The van der Waals surface area contributed by atoms with Crippen LogP contribution in [0.25, 0.3) is 11.3 Å². The zero-order valence-electron chi connectivity index (χ0n) is 19.1. The predicted molar refractivity (Wildman–Crippen MR) is 135 cm³/mol. The zero-order chi connectivity index (χ0) is 24.1. The van der Waals surface area contributed by atoms with Gasteiger partial charge in [0, 0.05) is 24.0 Å². The van der Waals surface area contributed by atoms with Gasteiger partial charge < -0.3 is 9.84 Å². The SMILES string of the molecule is CCOc1cc(/C=N/Nc2nc(-c3cccc(S(=O)(=O)N4CCC(C)CC4)c3)cs2)ccc1O. The van der Waals surface area contributed by atoms with E-state index >= 15 is 0 Å². The van der Waals surface area contributed by atoms with Gasteiger partial charge in [-0.1, -0.05) is 19.1 Å². The first-order valence-corrected chi connectivity index (χ1v) is 13.5. The van der Waals surface area contributed by atoms with Crippen LogP contribution >= 0.6 is 11.3 Å². The van der Waals surface area contributed by atoms with Crippen LogP contribution in [0.4, 0.5) is 5.13 Å². The molecule has 1 fully saturated rings. The third-order valence-corrected chi connectivity index (χ3v) is 8.31. The number of thiazole rings is 1. The molecule has 1 aliphatic rings. The van der Waals surface area contributed by atoms with E-state index in [1.165, 1.54) is 11.3 Å². The van der Waals surface area contributed by atoms with Crippen molar-refractivity contribution in [3.05, 3.63) is 53.4 Å². The highest BCUT2D eigenvalue weighted by Crippen LogP contribution is 2.29. The number of anilines is 1. The summed E-state index contributed by atoms with van der Waals surface area (Å²) in [5.74, 6) is 1.04. The molecule has 0 unspecified atom stereocenters. The van der Waals surface area contributed by atoms with Gasteiger partial charge in [-0.15, -0.1) is 11.3 Å². The third kappa shape index (κ3) is 5.57. The van der Waals surface area contributed by atoms with E-state index in [9.17, 15) is 13.5 Å². The van der Waals surface area contributed by atoms with Crippen molar-refractivity contribution in [3.63, 3.8) is 0 Å². The maximum Gasteiger partial charge on any atom is 0.243 e. The Bertz CT molecular complexity index is 1270. The summed E-state index contributed by atoms with van der Waals surface area (Å²) in [6, 6.07) is 11.9. The number of hydrogen-bond acceptors (Lipinski definition) is 8.